The number of fused-ring (bicyclic) bond motifs is 1. The molecule has 0 atom stereocenters. The number of imidazole rings is 1. The van der Waals surface area contributed by atoms with E-state index in [4.69, 9.17) is 0 Å². The van der Waals surface area contributed by atoms with Crippen LogP contribution in [0.3, 0.4) is 0 Å². The highest BCUT2D eigenvalue weighted by Crippen LogP contribution is 2.28. The van der Waals surface area contributed by atoms with Gasteiger partial charge in [-0.25, -0.2) is 15.0 Å². The van der Waals surface area contributed by atoms with Crippen LogP contribution in [-0.4, -0.2) is 46.0 Å². The smallest absolute Gasteiger partial charge is 0.358 e. The van der Waals surface area contributed by atoms with Gasteiger partial charge in [0, 0.05) is 41.1 Å². The van der Waals surface area contributed by atoms with Crippen molar-refractivity contribution in [2.45, 2.75) is 34.2 Å². The Morgan fingerprint density at radius 2 is 1.81 bits per heavy atom. The molecule has 32 heavy (non-hydrogen) atoms. The lowest BCUT2D eigenvalue weighted by atomic mass is 10.2. The van der Waals surface area contributed by atoms with Gasteiger partial charge in [0.25, 0.3) is 0 Å². The molecule has 0 unspecified atom stereocenters. The van der Waals surface area contributed by atoms with Crippen LogP contribution in [0.1, 0.15) is 17.7 Å². The fourth-order valence-electron chi connectivity index (χ4n) is 2.82. The highest BCUT2D eigenvalue weighted by atomic mass is 32.2. The molecule has 4 heterocycles. The number of pyridine rings is 1. The van der Waals surface area contributed by atoms with Gasteiger partial charge in [0.1, 0.15) is 11.2 Å². The maximum atomic E-state index is 11.1. The van der Waals surface area contributed by atoms with E-state index in [2.05, 4.69) is 32.0 Å². The number of rotatable bonds is 10. The van der Waals surface area contributed by atoms with Crippen molar-refractivity contribution in [3.05, 3.63) is 70.4 Å². The minimum absolute atomic E-state index is 0.126. The fraction of sp³-hybridized carbons (Fsp3) is 0.250. The number of nitro groups is 1. The van der Waals surface area contributed by atoms with Crippen LogP contribution < -0.4 is 0 Å². The third-order valence-electron chi connectivity index (χ3n) is 4.44. The molecular formula is C20H19N7O2S3. The second-order valence-electron chi connectivity index (χ2n) is 6.57. The molecule has 0 saturated carbocycles. The Bertz CT molecular complexity index is 1220. The summed E-state index contributed by atoms with van der Waals surface area (Å²) in [6, 6.07) is 7.45. The normalized spacial score (nSPS) is 11.2. The molecule has 0 fully saturated rings. The van der Waals surface area contributed by atoms with Crippen LogP contribution >= 0.6 is 35.3 Å². The van der Waals surface area contributed by atoms with E-state index in [-0.39, 0.29) is 5.82 Å². The molecule has 0 saturated heterocycles. The number of thioether (sulfide) groups is 3. The molecule has 0 aliphatic rings. The fourth-order valence-corrected chi connectivity index (χ4v) is 5.63. The summed E-state index contributed by atoms with van der Waals surface area (Å²) in [5.74, 6) is 2.43. The van der Waals surface area contributed by atoms with Crippen LogP contribution in [0, 0.1) is 17.0 Å². The lowest BCUT2D eigenvalue weighted by Gasteiger charge is -2.09. The third kappa shape index (κ3) is 5.56. The number of hydrogen-bond donors (Lipinski definition) is 0. The van der Waals surface area contributed by atoms with Crippen molar-refractivity contribution in [1.29, 1.82) is 0 Å². The predicted octanol–water partition coefficient (Wildman–Crippen LogP) is 4.70. The molecule has 0 aliphatic carbocycles. The summed E-state index contributed by atoms with van der Waals surface area (Å²) in [6.45, 7) is 2.10. The van der Waals surface area contributed by atoms with Gasteiger partial charge in [-0.2, -0.15) is 0 Å². The first-order valence-corrected chi connectivity index (χ1v) is 12.7. The van der Waals surface area contributed by atoms with E-state index in [9.17, 15) is 10.1 Å². The van der Waals surface area contributed by atoms with E-state index in [1.54, 1.807) is 48.1 Å². The maximum Gasteiger partial charge on any atom is 0.368 e. The van der Waals surface area contributed by atoms with E-state index in [0.29, 0.717) is 5.65 Å². The Balaban J connectivity index is 1.27. The second kappa shape index (κ2) is 10.7. The maximum absolute atomic E-state index is 11.1. The van der Waals surface area contributed by atoms with Crippen molar-refractivity contribution in [3.8, 4) is 0 Å². The lowest BCUT2D eigenvalue weighted by molar-refractivity contribution is -0.391. The lowest BCUT2D eigenvalue weighted by Crippen LogP contribution is -1.99. The van der Waals surface area contributed by atoms with E-state index < -0.39 is 4.92 Å². The molecular weight excluding hydrogens is 466 g/mol. The second-order valence-corrected chi connectivity index (χ2v) is 9.76. The van der Waals surface area contributed by atoms with E-state index >= 15 is 0 Å². The van der Waals surface area contributed by atoms with Crippen molar-refractivity contribution < 1.29 is 4.92 Å². The first kappa shape index (κ1) is 22.5. The quantitative estimate of drug-likeness (QED) is 0.103. The zero-order chi connectivity index (χ0) is 22.3. The van der Waals surface area contributed by atoms with Gasteiger partial charge in [0.2, 0.25) is 5.65 Å². The summed E-state index contributed by atoms with van der Waals surface area (Å²) >= 11 is 4.97. The van der Waals surface area contributed by atoms with Crippen molar-refractivity contribution in [3.63, 3.8) is 0 Å². The first-order chi connectivity index (χ1) is 15.6. The zero-order valence-corrected chi connectivity index (χ0v) is 19.6. The van der Waals surface area contributed by atoms with Crippen molar-refractivity contribution in [1.82, 2.24) is 29.5 Å². The van der Waals surface area contributed by atoms with Gasteiger partial charge >= 0.3 is 5.82 Å². The molecule has 0 aromatic carbocycles. The average Bonchev–Trinajstić information content (AvgIpc) is 3.23. The topological polar surface area (TPSA) is 112 Å². The minimum Gasteiger partial charge on any atom is -0.358 e. The molecule has 0 N–H and O–H groups in total. The molecule has 0 radical (unpaired) electrons. The largest absolute Gasteiger partial charge is 0.368 e. The summed E-state index contributed by atoms with van der Waals surface area (Å²) in [6.07, 6.45) is 7.53. The summed E-state index contributed by atoms with van der Waals surface area (Å²) in [5.41, 5.74) is 2.70. The summed E-state index contributed by atoms with van der Waals surface area (Å²) in [4.78, 5) is 28.8. The molecule has 0 bridgehead atoms. The standard InChI is InChI=1S/C20H19N7O2S3/c1-14-15(13-32-20-22-7-2-8-23-20)21-9-6-16(14)30-10-3-11-31-18-5-4-17-24-12-19(27(28)29)26(17)25-18/h2,4-9,12H,3,10-11,13H2,1H3. The van der Waals surface area contributed by atoms with Crippen LogP contribution in [0.4, 0.5) is 5.82 Å². The van der Waals surface area contributed by atoms with Crippen molar-refractivity contribution in [2.75, 3.05) is 11.5 Å². The number of hydrogen-bond acceptors (Lipinski definition) is 10. The van der Waals surface area contributed by atoms with Crippen LogP contribution in [0.15, 0.2) is 64.1 Å². The Hall–Kier alpha value is -2.70. The molecule has 164 valence electrons. The molecule has 12 heteroatoms. The molecule has 4 aromatic rings. The van der Waals surface area contributed by atoms with Gasteiger partial charge in [0.05, 0.1) is 5.69 Å². The van der Waals surface area contributed by atoms with Gasteiger partial charge in [-0.3, -0.25) is 4.98 Å². The minimum atomic E-state index is -0.477. The molecule has 0 aliphatic heterocycles. The van der Waals surface area contributed by atoms with Gasteiger partial charge in [-0.15, -0.1) is 23.5 Å². The average molecular weight is 486 g/mol. The van der Waals surface area contributed by atoms with Gasteiger partial charge < -0.3 is 10.1 Å². The van der Waals surface area contributed by atoms with Crippen LogP contribution in [-0.2, 0) is 5.75 Å². The summed E-state index contributed by atoms with van der Waals surface area (Å²) in [5, 5.41) is 16.9. The summed E-state index contributed by atoms with van der Waals surface area (Å²) in [7, 11) is 0. The van der Waals surface area contributed by atoms with Crippen LogP contribution in [0.2, 0.25) is 0 Å². The highest BCUT2D eigenvalue weighted by Gasteiger charge is 2.16. The Labute approximate surface area is 197 Å². The molecule has 0 spiro atoms. The number of aromatic nitrogens is 6. The van der Waals surface area contributed by atoms with Gasteiger partial charge in [-0.1, -0.05) is 21.4 Å². The van der Waals surface area contributed by atoms with E-state index in [1.807, 2.05) is 30.1 Å². The number of nitrogens with zero attached hydrogens (tertiary/aromatic N) is 7. The Morgan fingerprint density at radius 1 is 1.00 bits per heavy atom. The van der Waals surface area contributed by atoms with Gasteiger partial charge in [-0.05, 0) is 47.8 Å². The van der Waals surface area contributed by atoms with Crippen LogP contribution in [0.5, 0.6) is 0 Å². The third-order valence-corrected chi connectivity index (χ3v) is 7.58. The van der Waals surface area contributed by atoms with Crippen molar-refractivity contribution in [2.24, 2.45) is 0 Å². The Morgan fingerprint density at radius 3 is 2.62 bits per heavy atom. The van der Waals surface area contributed by atoms with E-state index in [1.165, 1.54) is 21.2 Å². The predicted molar refractivity (Wildman–Crippen MR) is 126 cm³/mol. The molecule has 4 rings (SSSR count). The Kier molecular flexibility index (Phi) is 7.55. The molecule has 0 amide bonds. The molecule has 9 nitrogen and oxygen atoms in total. The monoisotopic (exact) mass is 485 g/mol. The first-order valence-electron chi connectivity index (χ1n) is 9.71. The van der Waals surface area contributed by atoms with E-state index in [0.717, 1.165) is 39.6 Å². The van der Waals surface area contributed by atoms with Crippen molar-refractivity contribution >= 4 is 46.8 Å². The highest BCUT2D eigenvalue weighted by molar-refractivity contribution is 8.00. The summed E-state index contributed by atoms with van der Waals surface area (Å²) < 4.78 is 1.28. The molecule has 4 aromatic heterocycles. The van der Waals surface area contributed by atoms with Gasteiger partial charge in [0.15, 0.2) is 5.16 Å². The van der Waals surface area contributed by atoms with Crippen LogP contribution in [0.25, 0.3) is 5.65 Å². The SMILES string of the molecule is Cc1c(SCCCSc2ccc3ncc([N+](=O)[O-])n3n2)ccnc1CSc1ncccn1. The zero-order valence-electron chi connectivity index (χ0n) is 17.1.